The monoisotopic (exact) mass is 323 g/mol. The zero-order chi connectivity index (χ0) is 13.8. The minimum atomic E-state index is -0.554. The smallest absolute Gasteiger partial charge is 0.258 e. The minimum Gasteiger partial charge on any atom is -0.497 e. The molecule has 0 radical (unpaired) electrons. The molecule has 0 saturated heterocycles. The highest BCUT2D eigenvalue weighted by atomic mass is 79.9. The molecule has 0 aliphatic rings. The first-order chi connectivity index (χ1) is 9.10. The van der Waals surface area contributed by atoms with Crippen LogP contribution in [0.5, 0.6) is 5.75 Å². The van der Waals surface area contributed by atoms with Gasteiger partial charge in [0.1, 0.15) is 11.6 Å². The molecule has 5 heteroatoms. The molecule has 2 aromatic rings. The molecule has 0 aliphatic heterocycles. The van der Waals surface area contributed by atoms with Crippen molar-refractivity contribution in [3.8, 4) is 5.75 Å². The molecule has 0 bridgehead atoms. The molecule has 2 aromatic carbocycles. The van der Waals surface area contributed by atoms with Gasteiger partial charge >= 0.3 is 0 Å². The highest BCUT2D eigenvalue weighted by molar-refractivity contribution is 9.10. The van der Waals surface area contributed by atoms with Gasteiger partial charge in [-0.3, -0.25) is 4.79 Å². The fourth-order valence-corrected chi connectivity index (χ4v) is 2.07. The quantitative estimate of drug-likeness (QED) is 0.931. The first kappa shape index (κ1) is 13.5. The van der Waals surface area contributed by atoms with E-state index in [0.29, 0.717) is 11.4 Å². The lowest BCUT2D eigenvalue weighted by Gasteiger charge is -2.08. The van der Waals surface area contributed by atoms with E-state index in [4.69, 9.17) is 4.74 Å². The first-order valence-corrected chi connectivity index (χ1v) is 6.30. The maximum atomic E-state index is 13.5. The summed E-state index contributed by atoms with van der Waals surface area (Å²) >= 11 is 3.31. The van der Waals surface area contributed by atoms with Crippen molar-refractivity contribution in [2.75, 3.05) is 12.4 Å². The Bertz CT molecular complexity index is 616. The molecule has 0 saturated carbocycles. The Morgan fingerprint density at radius 1 is 1.26 bits per heavy atom. The number of carbonyl (C=O) groups is 1. The van der Waals surface area contributed by atoms with E-state index in [1.54, 1.807) is 24.3 Å². The largest absolute Gasteiger partial charge is 0.497 e. The third-order valence-electron chi connectivity index (χ3n) is 2.48. The van der Waals surface area contributed by atoms with Crippen molar-refractivity contribution < 1.29 is 13.9 Å². The first-order valence-electron chi connectivity index (χ1n) is 5.50. The van der Waals surface area contributed by atoms with Gasteiger partial charge in [-0.05, 0) is 24.3 Å². The molecule has 1 N–H and O–H groups in total. The fraction of sp³-hybridized carbons (Fsp3) is 0.0714. The second-order valence-corrected chi connectivity index (χ2v) is 4.73. The van der Waals surface area contributed by atoms with Crippen LogP contribution >= 0.6 is 15.9 Å². The number of carbonyl (C=O) groups excluding carboxylic acids is 1. The maximum Gasteiger partial charge on any atom is 0.258 e. The van der Waals surface area contributed by atoms with Crippen molar-refractivity contribution >= 4 is 27.5 Å². The van der Waals surface area contributed by atoms with E-state index in [9.17, 15) is 9.18 Å². The SMILES string of the molecule is COc1cc(Br)cc(NC(=O)c2ccccc2F)c1. The van der Waals surface area contributed by atoms with Crippen LogP contribution in [0.3, 0.4) is 0 Å². The highest BCUT2D eigenvalue weighted by Crippen LogP contribution is 2.25. The maximum absolute atomic E-state index is 13.5. The lowest BCUT2D eigenvalue weighted by Crippen LogP contribution is -2.13. The number of halogens is 2. The lowest BCUT2D eigenvalue weighted by molar-refractivity contribution is 0.102. The number of anilines is 1. The highest BCUT2D eigenvalue weighted by Gasteiger charge is 2.11. The topological polar surface area (TPSA) is 38.3 Å². The zero-order valence-corrected chi connectivity index (χ0v) is 11.7. The summed E-state index contributed by atoms with van der Waals surface area (Å²) in [6.45, 7) is 0. The average molecular weight is 324 g/mol. The van der Waals surface area contributed by atoms with Crippen molar-refractivity contribution in [1.29, 1.82) is 0 Å². The molecule has 0 spiro atoms. The van der Waals surface area contributed by atoms with Crippen LogP contribution in [-0.2, 0) is 0 Å². The molecule has 2 rings (SSSR count). The van der Waals surface area contributed by atoms with Gasteiger partial charge in [-0.15, -0.1) is 0 Å². The molecule has 0 heterocycles. The van der Waals surface area contributed by atoms with Crippen molar-refractivity contribution in [2.45, 2.75) is 0 Å². The Kier molecular flexibility index (Phi) is 4.16. The van der Waals surface area contributed by atoms with E-state index in [1.165, 1.54) is 25.3 Å². The molecule has 0 fully saturated rings. The number of nitrogens with one attached hydrogen (secondary N) is 1. The van der Waals surface area contributed by atoms with Crippen molar-refractivity contribution in [2.24, 2.45) is 0 Å². The van der Waals surface area contributed by atoms with E-state index in [0.717, 1.165) is 4.47 Å². The third-order valence-corrected chi connectivity index (χ3v) is 2.94. The Morgan fingerprint density at radius 2 is 2.00 bits per heavy atom. The number of amides is 1. The summed E-state index contributed by atoms with van der Waals surface area (Å²) in [5.74, 6) is -0.460. The number of methoxy groups -OCH3 is 1. The number of ether oxygens (including phenoxy) is 1. The normalized spacial score (nSPS) is 10.1. The summed E-state index contributed by atoms with van der Waals surface area (Å²) in [6.07, 6.45) is 0. The number of hydrogen-bond acceptors (Lipinski definition) is 2. The van der Waals surface area contributed by atoms with Crippen LogP contribution in [0.2, 0.25) is 0 Å². The molecule has 0 unspecified atom stereocenters. The van der Waals surface area contributed by atoms with E-state index >= 15 is 0 Å². The van der Waals surface area contributed by atoms with Gasteiger partial charge in [0.25, 0.3) is 5.91 Å². The minimum absolute atomic E-state index is 0.00134. The number of rotatable bonds is 3. The predicted molar refractivity (Wildman–Crippen MR) is 75.0 cm³/mol. The van der Waals surface area contributed by atoms with Gasteiger partial charge in [-0.1, -0.05) is 28.1 Å². The molecule has 0 aliphatic carbocycles. The molecule has 98 valence electrons. The Morgan fingerprint density at radius 3 is 2.68 bits per heavy atom. The second kappa shape index (κ2) is 5.84. The summed E-state index contributed by atoms with van der Waals surface area (Å²) in [4.78, 5) is 11.9. The van der Waals surface area contributed by atoms with Crippen LogP contribution in [-0.4, -0.2) is 13.0 Å². The van der Waals surface area contributed by atoms with E-state index < -0.39 is 11.7 Å². The lowest BCUT2D eigenvalue weighted by atomic mass is 10.2. The van der Waals surface area contributed by atoms with Crippen LogP contribution in [0.1, 0.15) is 10.4 Å². The van der Waals surface area contributed by atoms with Gasteiger partial charge in [-0.2, -0.15) is 0 Å². The van der Waals surface area contributed by atoms with Crippen molar-refractivity contribution in [1.82, 2.24) is 0 Å². The second-order valence-electron chi connectivity index (χ2n) is 3.81. The number of benzene rings is 2. The summed E-state index contributed by atoms with van der Waals surface area (Å²) < 4.78 is 19.3. The van der Waals surface area contributed by atoms with E-state index in [2.05, 4.69) is 21.2 Å². The third kappa shape index (κ3) is 3.32. The van der Waals surface area contributed by atoms with Gasteiger partial charge in [0, 0.05) is 16.2 Å². The van der Waals surface area contributed by atoms with Crippen LogP contribution < -0.4 is 10.1 Å². The molecular formula is C14H11BrFNO2. The Balaban J connectivity index is 2.24. The molecule has 0 atom stereocenters. The van der Waals surface area contributed by atoms with Crippen LogP contribution in [0.4, 0.5) is 10.1 Å². The summed E-state index contributed by atoms with van der Waals surface area (Å²) in [5.41, 5.74) is 0.529. The average Bonchev–Trinajstić information content (AvgIpc) is 2.38. The fourth-order valence-electron chi connectivity index (χ4n) is 1.60. The van der Waals surface area contributed by atoms with Crippen LogP contribution in [0, 0.1) is 5.82 Å². The molecule has 0 aromatic heterocycles. The standard InChI is InChI=1S/C14H11BrFNO2/c1-19-11-7-9(15)6-10(8-11)17-14(18)12-4-2-3-5-13(12)16/h2-8H,1H3,(H,17,18). The summed E-state index contributed by atoms with van der Waals surface area (Å²) in [5, 5.41) is 2.63. The Labute approximate surface area is 118 Å². The van der Waals surface area contributed by atoms with Gasteiger partial charge in [-0.25, -0.2) is 4.39 Å². The molecular weight excluding hydrogens is 313 g/mol. The number of hydrogen-bond donors (Lipinski definition) is 1. The van der Waals surface area contributed by atoms with Crippen LogP contribution in [0.15, 0.2) is 46.9 Å². The zero-order valence-electron chi connectivity index (χ0n) is 10.1. The van der Waals surface area contributed by atoms with Gasteiger partial charge in [0.2, 0.25) is 0 Å². The van der Waals surface area contributed by atoms with Crippen molar-refractivity contribution in [3.63, 3.8) is 0 Å². The Hall–Kier alpha value is -1.88. The molecule has 1 amide bonds. The molecule has 19 heavy (non-hydrogen) atoms. The van der Waals surface area contributed by atoms with E-state index in [-0.39, 0.29) is 5.56 Å². The van der Waals surface area contributed by atoms with E-state index in [1.807, 2.05) is 0 Å². The van der Waals surface area contributed by atoms with Gasteiger partial charge in [0.05, 0.1) is 12.7 Å². The predicted octanol–water partition coefficient (Wildman–Crippen LogP) is 3.85. The summed E-state index contributed by atoms with van der Waals surface area (Å²) in [7, 11) is 1.53. The van der Waals surface area contributed by atoms with Crippen molar-refractivity contribution in [3.05, 3.63) is 58.3 Å². The molecule has 3 nitrogen and oxygen atoms in total. The summed E-state index contributed by atoms with van der Waals surface area (Å²) in [6, 6.07) is 11.0. The van der Waals surface area contributed by atoms with Gasteiger partial charge < -0.3 is 10.1 Å². The van der Waals surface area contributed by atoms with Crippen LogP contribution in [0.25, 0.3) is 0 Å². The van der Waals surface area contributed by atoms with Gasteiger partial charge in [0.15, 0.2) is 0 Å².